The largest absolute Gasteiger partial charge is 1.00 e. The number of hydrogen-bond acceptors (Lipinski definition) is 2. The molecule has 0 spiro atoms. The number of nitrogens with zero attached hydrogens (tertiary/aromatic N) is 1. The number of fused-ring (bicyclic) bond motifs is 1. The van der Waals surface area contributed by atoms with Crippen molar-refractivity contribution in [3.63, 3.8) is 0 Å². The maximum atomic E-state index is 10.2. The Morgan fingerprint density at radius 3 is 2.93 bits per heavy atom. The minimum absolute atomic E-state index is 0. The molecule has 4 heteroatoms. The van der Waals surface area contributed by atoms with Gasteiger partial charge in [0.15, 0.2) is 0 Å². The summed E-state index contributed by atoms with van der Waals surface area (Å²) >= 11 is 0. The van der Waals surface area contributed by atoms with Crippen molar-refractivity contribution < 1.29 is 26.9 Å². The SMILES string of the molecule is O=C=Cc1n[nH+]cc2ccccc12.[Br-]. The zero-order valence-corrected chi connectivity index (χ0v) is 8.78. The molecule has 1 aromatic heterocycles. The molecule has 0 amide bonds. The van der Waals surface area contributed by atoms with Gasteiger partial charge in [-0.15, -0.1) is 5.10 Å². The number of carbonyl (C=O) groups excluding carboxylic acids is 1. The molecule has 0 fully saturated rings. The van der Waals surface area contributed by atoms with Crippen LogP contribution in [0.2, 0.25) is 0 Å². The molecule has 1 heterocycles. The first-order valence-electron chi connectivity index (χ1n) is 3.88. The Balaban J connectivity index is 0.000000980. The summed E-state index contributed by atoms with van der Waals surface area (Å²) in [5.74, 6) is 1.72. The Kier molecular flexibility index (Phi) is 3.51. The predicted octanol–water partition coefficient (Wildman–Crippen LogP) is -2.10. The van der Waals surface area contributed by atoms with E-state index in [1.165, 1.54) is 6.08 Å². The monoisotopic (exact) mass is 250 g/mol. The van der Waals surface area contributed by atoms with E-state index in [0.29, 0.717) is 5.69 Å². The van der Waals surface area contributed by atoms with Crippen molar-refractivity contribution in [1.29, 1.82) is 0 Å². The lowest BCUT2D eigenvalue weighted by Gasteiger charge is -1.93. The maximum absolute atomic E-state index is 10.2. The van der Waals surface area contributed by atoms with Gasteiger partial charge in [-0.2, -0.15) is 0 Å². The summed E-state index contributed by atoms with van der Waals surface area (Å²) in [6.45, 7) is 0. The fourth-order valence-corrected chi connectivity index (χ4v) is 1.25. The van der Waals surface area contributed by atoms with Gasteiger partial charge >= 0.3 is 0 Å². The molecule has 0 radical (unpaired) electrons. The minimum atomic E-state index is 0. The van der Waals surface area contributed by atoms with Crippen LogP contribution in [0.15, 0.2) is 30.5 Å². The Morgan fingerprint density at radius 1 is 1.36 bits per heavy atom. The molecular weight excluding hydrogens is 244 g/mol. The van der Waals surface area contributed by atoms with E-state index in [4.69, 9.17) is 0 Å². The van der Waals surface area contributed by atoms with Crippen molar-refractivity contribution >= 4 is 22.8 Å². The molecule has 0 bridgehead atoms. The molecule has 2 rings (SSSR count). The molecule has 14 heavy (non-hydrogen) atoms. The van der Waals surface area contributed by atoms with Crippen LogP contribution >= 0.6 is 0 Å². The second-order valence-corrected chi connectivity index (χ2v) is 2.62. The molecule has 0 atom stereocenters. The molecule has 70 valence electrons. The minimum Gasteiger partial charge on any atom is -1.00 e. The zero-order valence-electron chi connectivity index (χ0n) is 7.20. The highest BCUT2D eigenvalue weighted by Gasteiger charge is 2.02. The Morgan fingerprint density at radius 2 is 2.14 bits per heavy atom. The number of benzene rings is 1. The van der Waals surface area contributed by atoms with Gasteiger partial charge in [0.1, 0.15) is 11.6 Å². The summed E-state index contributed by atoms with van der Waals surface area (Å²) in [6, 6.07) is 7.71. The van der Waals surface area contributed by atoms with E-state index < -0.39 is 0 Å². The number of aromatic amines is 1. The summed E-state index contributed by atoms with van der Waals surface area (Å²) in [5, 5.41) is 8.66. The smallest absolute Gasteiger partial charge is 0.201 e. The van der Waals surface area contributed by atoms with Crippen LogP contribution < -0.4 is 22.1 Å². The van der Waals surface area contributed by atoms with Crippen LogP contribution in [0, 0.1) is 0 Å². The van der Waals surface area contributed by atoms with E-state index in [2.05, 4.69) is 10.2 Å². The second-order valence-electron chi connectivity index (χ2n) is 2.62. The van der Waals surface area contributed by atoms with Gasteiger partial charge in [0, 0.05) is 5.39 Å². The molecule has 2 aromatic rings. The molecular formula is C10H7BrN2O. The summed E-state index contributed by atoms with van der Waals surface area (Å²) in [4.78, 5) is 10.2. The summed E-state index contributed by atoms with van der Waals surface area (Å²) < 4.78 is 0. The lowest BCUT2D eigenvalue weighted by Crippen LogP contribution is -3.00. The van der Waals surface area contributed by atoms with E-state index in [-0.39, 0.29) is 17.0 Å². The lowest BCUT2D eigenvalue weighted by atomic mass is 10.1. The first-order chi connectivity index (χ1) is 6.42. The van der Waals surface area contributed by atoms with Crippen molar-refractivity contribution in [2.24, 2.45) is 0 Å². The number of hydrogen-bond donors (Lipinski definition) is 0. The topological polar surface area (TPSA) is 44.1 Å². The van der Waals surface area contributed by atoms with E-state index >= 15 is 0 Å². The van der Waals surface area contributed by atoms with Gasteiger partial charge in [0.05, 0.1) is 11.5 Å². The van der Waals surface area contributed by atoms with Crippen LogP contribution in [0.1, 0.15) is 5.69 Å². The van der Waals surface area contributed by atoms with Gasteiger partial charge in [-0.05, 0) is 11.2 Å². The van der Waals surface area contributed by atoms with Gasteiger partial charge in [0.2, 0.25) is 6.20 Å². The van der Waals surface area contributed by atoms with Crippen LogP contribution in [0.25, 0.3) is 16.8 Å². The number of H-pyrrole nitrogens is 1. The number of halogens is 1. The maximum Gasteiger partial charge on any atom is 0.201 e. The Hall–Kier alpha value is -1.51. The molecule has 0 aliphatic rings. The molecule has 0 saturated carbocycles. The highest BCUT2D eigenvalue weighted by molar-refractivity contribution is 5.91. The molecule has 0 unspecified atom stereocenters. The second kappa shape index (κ2) is 4.65. The van der Waals surface area contributed by atoms with Crippen molar-refractivity contribution in [3.05, 3.63) is 36.2 Å². The quantitative estimate of drug-likeness (QED) is 0.545. The van der Waals surface area contributed by atoms with Crippen molar-refractivity contribution in [1.82, 2.24) is 5.10 Å². The van der Waals surface area contributed by atoms with E-state index in [1.807, 2.05) is 24.3 Å². The third kappa shape index (κ3) is 1.87. The average molecular weight is 251 g/mol. The van der Waals surface area contributed by atoms with Crippen LogP contribution in [0.3, 0.4) is 0 Å². The molecule has 0 aliphatic heterocycles. The summed E-state index contributed by atoms with van der Waals surface area (Å²) in [7, 11) is 0. The summed E-state index contributed by atoms with van der Waals surface area (Å²) in [5.41, 5.74) is 0.619. The number of nitrogens with one attached hydrogen (secondary N) is 1. The lowest BCUT2D eigenvalue weighted by molar-refractivity contribution is -0.453. The van der Waals surface area contributed by atoms with Crippen LogP contribution in [-0.4, -0.2) is 11.0 Å². The summed E-state index contributed by atoms with van der Waals surface area (Å²) in [6.07, 6.45) is 3.11. The first-order valence-corrected chi connectivity index (χ1v) is 3.88. The normalized spacial score (nSPS) is 8.86. The van der Waals surface area contributed by atoms with Crippen molar-refractivity contribution in [3.8, 4) is 0 Å². The highest BCUT2D eigenvalue weighted by atomic mass is 79.9. The molecule has 1 aromatic carbocycles. The molecule has 0 aliphatic carbocycles. The van der Waals surface area contributed by atoms with Gasteiger partial charge in [-0.1, -0.05) is 18.2 Å². The fraction of sp³-hybridized carbons (Fsp3) is 0. The Labute approximate surface area is 91.2 Å². The molecule has 0 saturated heterocycles. The van der Waals surface area contributed by atoms with Crippen LogP contribution in [0.4, 0.5) is 0 Å². The van der Waals surface area contributed by atoms with E-state index in [9.17, 15) is 4.79 Å². The van der Waals surface area contributed by atoms with E-state index in [0.717, 1.165) is 10.8 Å². The van der Waals surface area contributed by atoms with Gasteiger partial charge in [-0.3, -0.25) is 0 Å². The van der Waals surface area contributed by atoms with E-state index in [1.54, 1.807) is 12.1 Å². The number of rotatable bonds is 1. The van der Waals surface area contributed by atoms with Crippen molar-refractivity contribution in [2.45, 2.75) is 0 Å². The third-order valence-electron chi connectivity index (χ3n) is 1.84. The standard InChI is InChI=1S/C10H6N2O.BrH/c13-6-5-10-9-4-2-1-3-8(9)7-11-12-10;/h1-5,7H;1H. The highest BCUT2D eigenvalue weighted by Crippen LogP contribution is 2.13. The zero-order chi connectivity index (χ0) is 9.10. The average Bonchev–Trinajstić information content (AvgIpc) is 2.19. The van der Waals surface area contributed by atoms with Crippen LogP contribution in [0.5, 0.6) is 0 Å². The van der Waals surface area contributed by atoms with Gasteiger partial charge in [-0.25, -0.2) is 4.79 Å². The number of aromatic nitrogens is 2. The first kappa shape index (κ1) is 10.6. The Bertz CT molecular complexity index is 487. The van der Waals surface area contributed by atoms with Gasteiger partial charge in [0.25, 0.3) is 0 Å². The molecule has 3 nitrogen and oxygen atoms in total. The fourth-order valence-electron chi connectivity index (χ4n) is 1.25. The predicted molar refractivity (Wildman–Crippen MR) is 48.5 cm³/mol. The van der Waals surface area contributed by atoms with Crippen molar-refractivity contribution in [2.75, 3.05) is 0 Å². The third-order valence-corrected chi connectivity index (χ3v) is 1.84. The molecule has 1 N–H and O–H groups in total. The van der Waals surface area contributed by atoms with Crippen LogP contribution in [-0.2, 0) is 4.79 Å². The van der Waals surface area contributed by atoms with Gasteiger partial charge < -0.3 is 17.0 Å².